The number of anilines is 2. The van der Waals surface area contributed by atoms with E-state index in [1.165, 1.54) is 21.7 Å². The van der Waals surface area contributed by atoms with Gasteiger partial charge >= 0.3 is 6.09 Å². The van der Waals surface area contributed by atoms with E-state index in [4.69, 9.17) is 26.8 Å². The molecule has 1 atom stereocenters. The van der Waals surface area contributed by atoms with Crippen LogP contribution in [0.4, 0.5) is 16.2 Å². The Kier molecular flexibility index (Phi) is 8.49. The van der Waals surface area contributed by atoms with Crippen molar-refractivity contribution >= 4 is 40.6 Å². The number of amides is 2. The zero-order valence-electron chi connectivity index (χ0n) is 22.2. The molecule has 12 heteroatoms. The normalized spacial score (nSPS) is 12.5. The highest BCUT2D eigenvalue weighted by atomic mass is 35.5. The molecule has 3 aromatic rings. The van der Waals surface area contributed by atoms with Crippen LogP contribution in [0.3, 0.4) is 0 Å². The van der Waals surface area contributed by atoms with Gasteiger partial charge in [0.2, 0.25) is 0 Å². The molecular weight excluding hydrogens is 498 g/mol. The summed E-state index contributed by atoms with van der Waals surface area (Å²) in [4.78, 5) is 33.4. The van der Waals surface area contributed by atoms with Crippen molar-refractivity contribution in [2.24, 2.45) is 0 Å². The number of nitrogens with one attached hydrogen (secondary N) is 1. The van der Waals surface area contributed by atoms with Crippen LogP contribution in [0.15, 0.2) is 30.5 Å². The molecule has 0 unspecified atom stereocenters. The summed E-state index contributed by atoms with van der Waals surface area (Å²) >= 11 is 6.23. The summed E-state index contributed by atoms with van der Waals surface area (Å²) in [5.74, 6) is 0.261. The van der Waals surface area contributed by atoms with Crippen LogP contribution in [-0.2, 0) is 11.3 Å². The van der Waals surface area contributed by atoms with E-state index in [1.807, 2.05) is 32.2 Å². The van der Waals surface area contributed by atoms with Crippen LogP contribution in [0.1, 0.15) is 43.7 Å². The quantitative estimate of drug-likeness (QED) is 0.422. The number of ether oxygens (including phenoxy) is 2. The van der Waals surface area contributed by atoms with E-state index < -0.39 is 11.7 Å². The van der Waals surface area contributed by atoms with Crippen LogP contribution in [0.25, 0.3) is 5.65 Å². The lowest BCUT2D eigenvalue weighted by Gasteiger charge is -2.24. The Morgan fingerprint density at radius 2 is 1.95 bits per heavy atom. The molecule has 37 heavy (non-hydrogen) atoms. The summed E-state index contributed by atoms with van der Waals surface area (Å²) in [7, 11) is 5.08. The predicted octanol–water partition coefficient (Wildman–Crippen LogP) is 3.60. The molecule has 0 saturated carbocycles. The average molecular weight is 532 g/mol. The van der Waals surface area contributed by atoms with Crippen LogP contribution < -0.4 is 20.7 Å². The van der Waals surface area contributed by atoms with E-state index in [-0.39, 0.29) is 22.8 Å². The van der Waals surface area contributed by atoms with Crippen molar-refractivity contribution in [3.05, 3.63) is 46.9 Å². The fraction of sp³-hybridized carbons (Fsp3) is 0.440. The molecule has 11 nitrogen and oxygen atoms in total. The van der Waals surface area contributed by atoms with Gasteiger partial charge in [0.05, 0.1) is 24.7 Å². The Morgan fingerprint density at radius 3 is 2.57 bits per heavy atom. The third-order valence-corrected chi connectivity index (χ3v) is 5.57. The standard InChI is InChI=1S/C25H34ClN7O4/c1-15(13-31(5)14-16-8-9-20(36-7)17(27)10-16)29-23(34)19-12-28-22-18(11-21(26)30-33(19)22)32(6)24(35)37-25(2,3)4/h8-12,15H,13-14,27H2,1-7H3,(H,29,34)/t15-/m1/s1. The minimum atomic E-state index is -0.678. The number of rotatable bonds is 8. The Balaban J connectivity index is 1.71. The Bertz CT molecular complexity index is 1290. The second kappa shape index (κ2) is 11.2. The van der Waals surface area contributed by atoms with Crippen molar-refractivity contribution in [2.45, 2.75) is 45.9 Å². The summed E-state index contributed by atoms with van der Waals surface area (Å²) < 4.78 is 12.0. The molecule has 3 N–H and O–H groups in total. The number of nitrogens with zero attached hydrogens (tertiary/aromatic N) is 5. The van der Waals surface area contributed by atoms with Gasteiger partial charge in [-0.2, -0.15) is 5.10 Å². The number of nitrogen functional groups attached to an aromatic ring is 1. The van der Waals surface area contributed by atoms with Gasteiger partial charge in [0, 0.05) is 32.2 Å². The van der Waals surface area contributed by atoms with Gasteiger partial charge in [-0.25, -0.2) is 14.3 Å². The Morgan fingerprint density at radius 1 is 1.24 bits per heavy atom. The molecule has 0 spiro atoms. The monoisotopic (exact) mass is 531 g/mol. The largest absolute Gasteiger partial charge is 0.495 e. The van der Waals surface area contributed by atoms with Crippen LogP contribution in [0.5, 0.6) is 5.75 Å². The predicted molar refractivity (Wildman–Crippen MR) is 143 cm³/mol. The van der Waals surface area contributed by atoms with E-state index in [9.17, 15) is 9.59 Å². The highest BCUT2D eigenvalue weighted by Gasteiger charge is 2.25. The summed E-state index contributed by atoms with van der Waals surface area (Å²) in [5, 5.41) is 7.29. The van der Waals surface area contributed by atoms with Crippen molar-refractivity contribution in [1.29, 1.82) is 0 Å². The zero-order chi connectivity index (χ0) is 27.5. The number of hydrogen-bond acceptors (Lipinski definition) is 8. The van der Waals surface area contributed by atoms with Gasteiger partial charge in [-0.1, -0.05) is 17.7 Å². The summed E-state index contributed by atoms with van der Waals surface area (Å²) in [6, 6.07) is 6.97. The van der Waals surface area contributed by atoms with Crippen molar-refractivity contribution in [3.63, 3.8) is 0 Å². The second-order valence-electron chi connectivity index (χ2n) is 9.92. The van der Waals surface area contributed by atoms with Crippen LogP contribution in [-0.4, -0.2) is 70.9 Å². The molecule has 2 heterocycles. The zero-order valence-corrected chi connectivity index (χ0v) is 23.0. The van der Waals surface area contributed by atoms with Gasteiger partial charge in [0.25, 0.3) is 5.91 Å². The van der Waals surface area contributed by atoms with Gasteiger partial charge in [-0.05, 0) is 52.4 Å². The number of carbonyl (C=O) groups is 2. The SMILES string of the molecule is COc1ccc(CN(C)C[C@@H](C)NC(=O)c2cnc3c(N(C)C(=O)OC(C)(C)C)cc(Cl)nn23)cc1N. The van der Waals surface area contributed by atoms with Gasteiger partial charge in [0.15, 0.2) is 16.5 Å². The Hall–Kier alpha value is -3.57. The number of likely N-dealkylation sites (N-methyl/N-ethyl adjacent to an activating group) is 1. The lowest BCUT2D eigenvalue weighted by Crippen LogP contribution is -2.41. The first-order valence-electron chi connectivity index (χ1n) is 11.7. The van der Waals surface area contributed by atoms with Crippen LogP contribution in [0, 0.1) is 0 Å². The molecule has 0 saturated heterocycles. The van der Waals surface area contributed by atoms with E-state index in [2.05, 4.69) is 20.3 Å². The van der Waals surface area contributed by atoms with Crippen LogP contribution in [0.2, 0.25) is 5.15 Å². The van der Waals surface area contributed by atoms with Crippen molar-refractivity contribution in [3.8, 4) is 5.75 Å². The Labute approximate surface area is 221 Å². The molecule has 2 aromatic heterocycles. The number of nitrogens with two attached hydrogens (primary N) is 1. The molecule has 200 valence electrons. The molecule has 2 amide bonds. The summed E-state index contributed by atoms with van der Waals surface area (Å²) in [5.41, 5.74) is 7.78. The maximum atomic E-state index is 13.1. The number of imidazole rings is 1. The molecule has 0 aliphatic rings. The molecule has 0 bridgehead atoms. The first-order chi connectivity index (χ1) is 17.3. The first-order valence-corrected chi connectivity index (χ1v) is 12.1. The molecule has 0 aliphatic carbocycles. The van der Waals surface area contributed by atoms with Crippen molar-refractivity contribution < 1.29 is 19.1 Å². The number of benzene rings is 1. The number of aromatic nitrogens is 3. The highest BCUT2D eigenvalue weighted by molar-refractivity contribution is 6.29. The number of hydrogen-bond donors (Lipinski definition) is 2. The summed E-state index contributed by atoms with van der Waals surface area (Å²) in [6.45, 7) is 8.45. The van der Waals surface area contributed by atoms with E-state index in [1.54, 1.807) is 34.9 Å². The molecule has 0 aliphatic heterocycles. The fourth-order valence-corrected chi connectivity index (χ4v) is 4.00. The molecule has 1 aromatic carbocycles. The number of halogens is 1. The third kappa shape index (κ3) is 7.01. The maximum Gasteiger partial charge on any atom is 0.414 e. The molecule has 0 radical (unpaired) electrons. The van der Waals surface area contributed by atoms with Gasteiger partial charge < -0.3 is 25.4 Å². The maximum absolute atomic E-state index is 13.1. The average Bonchev–Trinajstić information content (AvgIpc) is 3.20. The topological polar surface area (TPSA) is 127 Å². The number of methoxy groups -OCH3 is 1. The van der Waals surface area contributed by atoms with Crippen molar-refractivity contribution in [1.82, 2.24) is 24.8 Å². The lowest BCUT2D eigenvalue weighted by atomic mass is 10.1. The number of carbonyl (C=O) groups excluding carboxylic acids is 2. The van der Waals surface area contributed by atoms with Crippen LogP contribution >= 0.6 is 11.6 Å². The minimum Gasteiger partial charge on any atom is -0.495 e. The van der Waals surface area contributed by atoms with Gasteiger partial charge in [0.1, 0.15) is 11.4 Å². The first kappa shape index (κ1) is 28.0. The molecular formula is C25H34ClN7O4. The van der Waals surface area contributed by atoms with E-state index in [0.29, 0.717) is 35.9 Å². The van der Waals surface area contributed by atoms with E-state index in [0.717, 1.165) is 5.56 Å². The van der Waals surface area contributed by atoms with Gasteiger partial charge in [-0.15, -0.1) is 0 Å². The van der Waals surface area contributed by atoms with Crippen molar-refractivity contribution in [2.75, 3.05) is 38.4 Å². The third-order valence-electron chi connectivity index (χ3n) is 5.39. The number of fused-ring (bicyclic) bond motifs is 1. The second-order valence-corrected chi connectivity index (χ2v) is 10.3. The van der Waals surface area contributed by atoms with E-state index >= 15 is 0 Å². The smallest absolute Gasteiger partial charge is 0.414 e. The van der Waals surface area contributed by atoms with Gasteiger partial charge in [-0.3, -0.25) is 9.69 Å². The molecule has 3 rings (SSSR count). The molecule has 0 fully saturated rings. The highest BCUT2D eigenvalue weighted by Crippen LogP contribution is 2.25. The summed E-state index contributed by atoms with van der Waals surface area (Å²) in [6.07, 6.45) is 0.817. The minimum absolute atomic E-state index is 0.0940. The lowest BCUT2D eigenvalue weighted by molar-refractivity contribution is 0.0589. The fourth-order valence-electron chi connectivity index (χ4n) is 3.82.